The Bertz CT molecular complexity index is 688. The highest BCUT2D eigenvalue weighted by Crippen LogP contribution is 2.18. The molecule has 110 valence electrons. The molecule has 0 aromatic heterocycles. The number of halogens is 5. The monoisotopic (exact) mass is 317 g/mol. The van der Waals surface area contributed by atoms with E-state index in [-0.39, 0.29) is 6.54 Å². The number of carbonyl (C=O) groups excluding carboxylic acids is 1. The Kier molecular flexibility index (Phi) is 4.47. The van der Waals surface area contributed by atoms with Gasteiger partial charge < -0.3 is 5.32 Å². The molecule has 0 radical (unpaired) electrons. The highest BCUT2D eigenvalue weighted by atomic mass is 35.5. The van der Waals surface area contributed by atoms with Crippen molar-refractivity contribution in [1.82, 2.24) is 5.32 Å². The Balaban J connectivity index is 2.16. The zero-order chi connectivity index (χ0) is 15.6. The Labute approximate surface area is 122 Å². The quantitative estimate of drug-likeness (QED) is 0.520. The number of hydrogen-bond acceptors (Lipinski definition) is 1. The summed E-state index contributed by atoms with van der Waals surface area (Å²) < 4.78 is 52.2. The minimum atomic E-state index is -2.02. The van der Waals surface area contributed by atoms with E-state index in [9.17, 15) is 22.4 Å². The molecular formula is C14H8ClF4NO. The highest BCUT2D eigenvalue weighted by Gasteiger charge is 2.22. The summed E-state index contributed by atoms with van der Waals surface area (Å²) in [4.78, 5) is 11.7. The number of amides is 1. The van der Waals surface area contributed by atoms with Crippen molar-refractivity contribution in [2.75, 3.05) is 0 Å². The summed E-state index contributed by atoms with van der Waals surface area (Å²) in [5.74, 6) is -8.40. The Hall–Kier alpha value is -2.08. The highest BCUT2D eigenvalue weighted by molar-refractivity contribution is 6.30. The van der Waals surface area contributed by atoms with Gasteiger partial charge in [0.25, 0.3) is 5.91 Å². The summed E-state index contributed by atoms with van der Waals surface area (Å²) in [5.41, 5.74) is -0.253. The van der Waals surface area contributed by atoms with E-state index in [4.69, 9.17) is 11.6 Å². The van der Waals surface area contributed by atoms with E-state index >= 15 is 0 Å². The lowest BCUT2D eigenvalue weighted by atomic mass is 10.1. The summed E-state index contributed by atoms with van der Waals surface area (Å²) in [6, 6.07) is 6.71. The van der Waals surface area contributed by atoms with E-state index in [0.717, 1.165) is 0 Å². The number of nitrogens with one attached hydrogen (secondary N) is 1. The first-order valence-corrected chi connectivity index (χ1v) is 6.13. The van der Waals surface area contributed by atoms with Gasteiger partial charge in [-0.1, -0.05) is 23.7 Å². The zero-order valence-corrected chi connectivity index (χ0v) is 11.1. The van der Waals surface area contributed by atoms with Gasteiger partial charge in [0.05, 0.1) is 5.56 Å². The molecule has 0 saturated heterocycles. The van der Waals surface area contributed by atoms with Gasteiger partial charge in [-0.3, -0.25) is 4.79 Å². The van der Waals surface area contributed by atoms with Gasteiger partial charge in [0.15, 0.2) is 23.3 Å². The SMILES string of the molecule is O=C(NCc1ccc(Cl)cc1)c1cc(F)c(F)c(F)c1F. The molecule has 0 aliphatic carbocycles. The van der Waals surface area contributed by atoms with Gasteiger partial charge in [-0.2, -0.15) is 0 Å². The molecule has 0 aliphatic rings. The number of benzene rings is 2. The van der Waals surface area contributed by atoms with Crippen molar-refractivity contribution in [3.8, 4) is 0 Å². The van der Waals surface area contributed by atoms with Gasteiger partial charge in [-0.25, -0.2) is 17.6 Å². The third-order valence-corrected chi connectivity index (χ3v) is 2.97. The van der Waals surface area contributed by atoms with Crippen molar-refractivity contribution in [3.05, 3.63) is 69.8 Å². The fourth-order valence-corrected chi connectivity index (χ4v) is 1.74. The smallest absolute Gasteiger partial charge is 0.254 e. The van der Waals surface area contributed by atoms with Crippen LogP contribution in [-0.4, -0.2) is 5.91 Å². The minimum Gasteiger partial charge on any atom is -0.348 e. The third-order valence-electron chi connectivity index (χ3n) is 2.71. The van der Waals surface area contributed by atoms with Crippen molar-refractivity contribution < 1.29 is 22.4 Å². The summed E-state index contributed by atoms with van der Waals surface area (Å²) in [7, 11) is 0. The Morgan fingerprint density at radius 1 is 1.00 bits per heavy atom. The van der Waals surface area contributed by atoms with Crippen LogP contribution in [-0.2, 0) is 6.54 Å². The number of rotatable bonds is 3. The first kappa shape index (κ1) is 15.3. The van der Waals surface area contributed by atoms with Crippen LogP contribution in [0.15, 0.2) is 30.3 Å². The third kappa shape index (κ3) is 3.33. The molecule has 0 saturated carbocycles. The maximum absolute atomic E-state index is 13.4. The van der Waals surface area contributed by atoms with Gasteiger partial charge in [0.1, 0.15) is 0 Å². The van der Waals surface area contributed by atoms with Gasteiger partial charge in [-0.05, 0) is 23.8 Å². The fraction of sp³-hybridized carbons (Fsp3) is 0.0714. The molecule has 0 aliphatic heterocycles. The first-order valence-electron chi connectivity index (χ1n) is 5.75. The van der Waals surface area contributed by atoms with Crippen LogP contribution in [0.4, 0.5) is 17.6 Å². The molecule has 0 fully saturated rings. The molecule has 0 atom stereocenters. The molecule has 1 N–H and O–H groups in total. The van der Waals surface area contributed by atoms with E-state index in [1.807, 2.05) is 0 Å². The van der Waals surface area contributed by atoms with Crippen molar-refractivity contribution in [1.29, 1.82) is 0 Å². The lowest BCUT2D eigenvalue weighted by Gasteiger charge is -2.08. The number of carbonyl (C=O) groups is 1. The zero-order valence-electron chi connectivity index (χ0n) is 10.4. The normalized spacial score (nSPS) is 10.5. The van der Waals surface area contributed by atoms with Crippen LogP contribution in [0.25, 0.3) is 0 Å². The van der Waals surface area contributed by atoms with Crippen LogP contribution in [0.2, 0.25) is 5.02 Å². The van der Waals surface area contributed by atoms with Gasteiger partial charge in [-0.15, -0.1) is 0 Å². The van der Waals surface area contributed by atoms with Crippen molar-refractivity contribution in [2.24, 2.45) is 0 Å². The predicted octanol–water partition coefficient (Wildman–Crippen LogP) is 3.83. The van der Waals surface area contributed by atoms with E-state index in [2.05, 4.69) is 5.32 Å². The Morgan fingerprint density at radius 2 is 1.62 bits per heavy atom. The average Bonchev–Trinajstić information content (AvgIpc) is 2.48. The average molecular weight is 318 g/mol. The Morgan fingerprint density at radius 3 is 2.24 bits per heavy atom. The van der Waals surface area contributed by atoms with Crippen LogP contribution in [0.5, 0.6) is 0 Å². The predicted molar refractivity (Wildman–Crippen MR) is 68.9 cm³/mol. The van der Waals surface area contributed by atoms with E-state index in [0.29, 0.717) is 16.7 Å². The maximum atomic E-state index is 13.4. The fourth-order valence-electron chi connectivity index (χ4n) is 1.62. The molecular weight excluding hydrogens is 310 g/mol. The molecule has 2 rings (SSSR count). The molecule has 1 amide bonds. The van der Waals surface area contributed by atoms with Crippen LogP contribution >= 0.6 is 11.6 Å². The van der Waals surface area contributed by atoms with Crippen molar-refractivity contribution in [3.63, 3.8) is 0 Å². The van der Waals surface area contributed by atoms with Crippen LogP contribution in [0.3, 0.4) is 0 Å². The van der Waals surface area contributed by atoms with Crippen molar-refractivity contribution >= 4 is 17.5 Å². The van der Waals surface area contributed by atoms with Crippen LogP contribution in [0, 0.1) is 23.3 Å². The summed E-state index contributed by atoms with van der Waals surface area (Å²) >= 11 is 5.68. The van der Waals surface area contributed by atoms with Gasteiger partial charge in [0, 0.05) is 11.6 Å². The lowest BCUT2D eigenvalue weighted by Crippen LogP contribution is -2.24. The molecule has 2 nitrogen and oxygen atoms in total. The molecule has 0 bridgehead atoms. The molecule has 21 heavy (non-hydrogen) atoms. The second-order valence-electron chi connectivity index (χ2n) is 4.16. The summed E-state index contributed by atoms with van der Waals surface area (Å²) in [6.07, 6.45) is 0. The largest absolute Gasteiger partial charge is 0.348 e. The van der Waals surface area contributed by atoms with Crippen LogP contribution < -0.4 is 5.32 Å². The minimum absolute atomic E-state index is 0.00391. The number of hydrogen-bond donors (Lipinski definition) is 1. The van der Waals surface area contributed by atoms with Gasteiger partial charge >= 0.3 is 0 Å². The molecule has 0 heterocycles. The standard InChI is InChI=1S/C14H8ClF4NO/c15-8-3-1-7(2-4-8)6-20-14(21)9-5-10(16)12(18)13(19)11(9)17/h1-5H,6H2,(H,20,21). The topological polar surface area (TPSA) is 29.1 Å². The van der Waals surface area contributed by atoms with E-state index < -0.39 is 34.7 Å². The molecule has 0 spiro atoms. The molecule has 2 aromatic carbocycles. The van der Waals surface area contributed by atoms with Gasteiger partial charge in [0.2, 0.25) is 0 Å². The molecule has 0 unspecified atom stereocenters. The second kappa shape index (κ2) is 6.13. The van der Waals surface area contributed by atoms with Crippen LogP contribution in [0.1, 0.15) is 15.9 Å². The second-order valence-corrected chi connectivity index (χ2v) is 4.59. The summed E-state index contributed by atoms with van der Waals surface area (Å²) in [5, 5.41) is 2.77. The molecule has 2 aromatic rings. The lowest BCUT2D eigenvalue weighted by molar-refractivity contribution is 0.0944. The van der Waals surface area contributed by atoms with Crippen molar-refractivity contribution in [2.45, 2.75) is 6.54 Å². The van der Waals surface area contributed by atoms with E-state index in [1.54, 1.807) is 24.3 Å². The maximum Gasteiger partial charge on any atom is 0.254 e. The summed E-state index contributed by atoms with van der Waals surface area (Å²) in [6.45, 7) is -0.00391. The van der Waals surface area contributed by atoms with E-state index in [1.165, 1.54) is 0 Å². The molecule has 7 heteroatoms. The first-order chi connectivity index (χ1) is 9.90.